The lowest BCUT2D eigenvalue weighted by Crippen LogP contribution is -2.49. The number of morpholine rings is 1. The Kier molecular flexibility index (Phi) is 7.23. The van der Waals surface area contributed by atoms with Gasteiger partial charge in [-0.1, -0.05) is 12.1 Å². The number of carbonyl (C=O) groups is 2. The average molecular weight is 514 g/mol. The number of anilines is 3. The van der Waals surface area contributed by atoms with Gasteiger partial charge in [-0.15, -0.1) is 0 Å². The van der Waals surface area contributed by atoms with Crippen molar-refractivity contribution in [3.63, 3.8) is 0 Å². The number of carbonyl (C=O) groups excluding carboxylic acids is 2. The monoisotopic (exact) mass is 513 g/mol. The Morgan fingerprint density at radius 1 is 1.03 bits per heavy atom. The average Bonchev–Trinajstić information content (AvgIpc) is 3.27. The number of pyridine rings is 1. The molecule has 0 spiro atoms. The van der Waals surface area contributed by atoms with Crippen molar-refractivity contribution in [2.24, 2.45) is 7.05 Å². The number of urea groups is 1. The van der Waals surface area contributed by atoms with Crippen LogP contribution < -0.4 is 16.0 Å². The summed E-state index contributed by atoms with van der Waals surface area (Å²) < 4.78 is 7.48. The molecular weight excluding hydrogens is 482 g/mol. The highest BCUT2D eigenvalue weighted by Gasteiger charge is 2.26. The van der Waals surface area contributed by atoms with Gasteiger partial charge in [-0.25, -0.2) is 9.78 Å². The Balaban J connectivity index is 1.23. The molecule has 2 aromatic carbocycles. The first-order chi connectivity index (χ1) is 18.4. The van der Waals surface area contributed by atoms with Gasteiger partial charge in [-0.3, -0.25) is 14.8 Å². The van der Waals surface area contributed by atoms with Gasteiger partial charge in [-0.05, 0) is 61.9 Å². The van der Waals surface area contributed by atoms with Gasteiger partial charge in [0.15, 0.2) is 0 Å². The normalized spacial score (nSPS) is 17.3. The highest BCUT2D eigenvalue weighted by Crippen LogP contribution is 2.22. The molecule has 2 aromatic heterocycles. The second kappa shape index (κ2) is 10.9. The molecule has 3 N–H and O–H groups in total. The quantitative estimate of drug-likeness (QED) is 0.351. The van der Waals surface area contributed by atoms with Crippen molar-refractivity contribution in [2.45, 2.75) is 32.6 Å². The van der Waals surface area contributed by atoms with Gasteiger partial charge in [0.1, 0.15) is 5.82 Å². The Hall–Kier alpha value is -4.44. The first-order valence-corrected chi connectivity index (χ1v) is 12.6. The zero-order valence-electron chi connectivity index (χ0n) is 21.6. The predicted octanol–water partition coefficient (Wildman–Crippen LogP) is 4.47. The number of nitrogens with zero attached hydrogens (tertiary/aromatic N) is 4. The van der Waals surface area contributed by atoms with Gasteiger partial charge in [0, 0.05) is 49.6 Å². The van der Waals surface area contributed by atoms with Crippen LogP contribution in [0.5, 0.6) is 0 Å². The summed E-state index contributed by atoms with van der Waals surface area (Å²) in [5, 5.41) is 14.5. The molecule has 0 radical (unpaired) electrons. The fourth-order valence-electron chi connectivity index (χ4n) is 4.64. The number of rotatable bonds is 6. The van der Waals surface area contributed by atoms with Crippen molar-refractivity contribution in [2.75, 3.05) is 29.0 Å². The van der Waals surface area contributed by atoms with E-state index in [1.54, 1.807) is 28.0 Å². The van der Waals surface area contributed by atoms with Gasteiger partial charge in [0.05, 0.1) is 29.5 Å². The van der Waals surface area contributed by atoms with E-state index in [9.17, 15) is 9.59 Å². The molecule has 1 saturated heterocycles. The third-order valence-electron chi connectivity index (χ3n) is 6.43. The van der Waals surface area contributed by atoms with E-state index in [-0.39, 0.29) is 24.1 Å². The molecule has 10 nitrogen and oxygen atoms in total. The van der Waals surface area contributed by atoms with Crippen molar-refractivity contribution in [1.29, 1.82) is 0 Å². The van der Waals surface area contributed by atoms with E-state index < -0.39 is 0 Å². The summed E-state index contributed by atoms with van der Waals surface area (Å²) in [6.07, 6.45) is 3.43. The Bertz CT molecular complexity index is 1460. The molecule has 3 heterocycles. The van der Waals surface area contributed by atoms with Crippen LogP contribution >= 0.6 is 0 Å². The smallest absolute Gasteiger partial charge is 0.323 e. The van der Waals surface area contributed by atoms with Crippen LogP contribution in [0, 0.1) is 0 Å². The number of aromatic nitrogens is 3. The summed E-state index contributed by atoms with van der Waals surface area (Å²) in [6, 6.07) is 16.5. The predicted molar refractivity (Wildman–Crippen MR) is 147 cm³/mol. The van der Waals surface area contributed by atoms with Crippen molar-refractivity contribution >= 4 is 40.0 Å². The minimum atomic E-state index is -0.216. The third kappa shape index (κ3) is 5.76. The SMILES string of the molecule is CC1CN(C(=O)Nc2cc(CNc3ccccc3C(=O)Nc3ccc4cnn(C)c4c3)ccn2)CC(C)O1. The fourth-order valence-corrected chi connectivity index (χ4v) is 4.64. The van der Waals surface area contributed by atoms with Crippen LogP contribution in [0.1, 0.15) is 29.8 Å². The maximum atomic E-state index is 13.1. The molecule has 10 heteroatoms. The summed E-state index contributed by atoms with van der Waals surface area (Å²) in [5.41, 5.74) is 3.77. The van der Waals surface area contributed by atoms with Crippen LogP contribution in [0.4, 0.5) is 22.0 Å². The molecule has 1 aliphatic heterocycles. The zero-order valence-corrected chi connectivity index (χ0v) is 21.6. The molecule has 38 heavy (non-hydrogen) atoms. The summed E-state index contributed by atoms with van der Waals surface area (Å²) in [4.78, 5) is 31.9. The number of fused-ring (bicyclic) bond motifs is 1. The maximum absolute atomic E-state index is 13.1. The van der Waals surface area contributed by atoms with Crippen LogP contribution in [0.15, 0.2) is 67.0 Å². The summed E-state index contributed by atoms with van der Waals surface area (Å²) in [6.45, 7) is 5.43. The minimum Gasteiger partial charge on any atom is -0.380 e. The van der Waals surface area contributed by atoms with Crippen LogP contribution in [0.25, 0.3) is 10.9 Å². The van der Waals surface area contributed by atoms with Crippen LogP contribution in [0.3, 0.4) is 0 Å². The van der Waals surface area contributed by atoms with E-state index in [1.165, 1.54) is 0 Å². The van der Waals surface area contributed by atoms with Gasteiger partial charge < -0.3 is 20.3 Å². The van der Waals surface area contributed by atoms with Crippen molar-refractivity contribution in [3.05, 3.63) is 78.1 Å². The molecule has 1 aliphatic rings. The lowest BCUT2D eigenvalue weighted by atomic mass is 10.1. The molecule has 5 rings (SSSR count). The van der Waals surface area contributed by atoms with Crippen molar-refractivity contribution in [1.82, 2.24) is 19.7 Å². The topological polar surface area (TPSA) is 113 Å². The van der Waals surface area contributed by atoms with Crippen LogP contribution in [0.2, 0.25) is 0 Å². The summed E-state index contributed by atoms with van der Waals surface area (Å²) in [7, 11) is 1.87. The number of hydrogen-bond donors (Lipinski definition) is 3. The minimum absolute atomic E-state index is 0.0108. The molecule has 0 bridgehead atoms. The summed E-state index contributed by atoms with van der Waals surface area (Å²) in [5.74, 6) is 0.254. The molecule has 2 unspecified atom stereocenters. The number of hydrogen-bond acceptors (Lipinski definition) is 6. The molecule has 2 atom stereocenters. The molecule has 196 valence electrons. The number of benzene rings is 2. The molecule has 0 saturated carbocycles. The van der Waals surface area contributed by atoms with E-state index in [0.717, 1.165) is 16.5 Å². The Labute approximate surface area is 221 Å². The van der Waals surface area contributed by atoms with E-state index in [4.69, 9.17) is 4.74 Å². The Morgan fingerprint density at radius 3 is 2.63 bits per heavy atom. The molecule has 4 aromatic rings. The van der Waals surface area contributed by atoms with Crippen molar-refractivity contribution in [3.8, 4) is 0 Å². The number of aryl methyl sites for hydroxylation is 1. The first kappa shape index (κ1) is 25.2. The fraction of sp³-hybridized carbons (Fsp3) is 0.286. The van der Waals surface area contributed by atoms with E-state index in [1.807, 2.05) is 69.4 Å². The second-order valence-electron chi connectivity index (χ2n) is 9.54. The van der Waals surface area contributed by atoms with Crippen LogP contribution in [-0.2, 0) is 18.3 Å². The lowest BCUT2D eigenvalue weighted by Gasteiger charge is -2.35. The zero-order chi connectivity index (χ0) is 26.6. The maximum Gasteiger partial charge on any atom is 0.323 e. The van der Waals surface area contributed by atoms with E-state index >= 15 is 0 Å². The molecular formula is C28H31N7O3. The highest BCUT2D eigenvalue weighted by molar-refractivity contribution is 6.08. The number of ether oxygens (including phenoxy) is 1. The van der Waals surface area contributed by atoms with Gasteiger partial charge >= 0.3 is 6.03 Å². The van der Waals surface area contributed by atoms with Gasteiger partial charge in [-0.2, -0.15) is 5.10 Å². The first-order valence-electron chi connectivity index (χ1n) is 12.6. The molecule has 1 fully saturated rings. The number of amides is 3. The number of nitrogens with one attached hydrogen (secondary N) is 3. The van der Waals surface area contributed by atoms with E-state index in [0.29, 0.717) is 42.4 Å². The van der Waals surface area contributed by atoms with Gasteiger partial charge in [0.2, 0.25) is 0 Å². The van der Waals surface area contributed by atoms with Crippen molar-refractivity contribution < 1.29 is 14.3 Å². The largest absolute Gasteiger partial charge is 0.380 e. The van der Waals surface area contributed by atoms with E-state index in [2.05, 4.69) is 26.0 Å². The van der Waals surface area contributed by atoms with Gasteiger partial charge in [0.25, 0.3) is 5.91 Å². The lowest BCUT2D eigenvalue weighted by molar-refractivity contribution is -0.0530. The third-order valence-corrected chi connectivity index (χ3v) is 6.43. The van der Waals surface area contributed by atoms with Crippen LogP contribution in [-0.4, -0.2) is 56.9 Å². The summed E-state index contributed by atoms with van der Waals surface area (Å²) >= 11 is 0. The molecule has 0 aliphatic carbocycles. The standard InChI is InChI=1S/C28H31N7O3/c1-18-16-35(17-19(2)38-18)28(37)33-26-12-20(10-11-29-26)14-30-24-7-5-4-6-23(24)27(36)32-22-9-8-21-15-31-34(3)25(21)13-22/h4-13,15,18-19,30H,14,16-17H2,1-3H3,(H,32,36)(H,29,33,37). The molecule has 3 amide bonds. The highest BCUT2D eigenvalue weighted by atomic mass is 16.5. The number of para-hydroxylation sites is 1. The Morgan fingerprint density at radius 2 is 1.82 bits per heavy atom. The second-order valence-corrected chi connectivity index (χ2v) is 9.54.